The van der Waals surface area contributed by atoms with Gasteiger partial charge in [-0.3, -0.25) is 4.98 Å². The van der Waals surface area contributed by atoms with E-state index in [0.717, 1.165) is 5.56 Å². The van der Waals surface area contributed by atoms with Gasteiger partial charge in [0.05, 0.1) is 12.6 Å². The van der Waals surface area contributed by atoms with Gasteiger partial charge in [0.1, 0.15) is 6.10 Å². The number of halogens is 1. The molecule has 0 saturated heterocycles. The van der Waals surface area contributed by atoms with Crippen LogP contribution in [-0.4, -0.2) is 35.6 Å². The number of nitrogens with one attached hydrogen (secondary N) is 1. The minimum absolute atomic E-state index is 0.0872. The number of hydrogen-bond acceptors (Lipinski definition) is 3. The zero-order valence-corrected chi connectivity index (χ0v) is 14.1. The number of aromatic nitrogens is 1. The number of carbonyl (C=O) groups is 1. The molecule has 1 aromatic carbocycles. The molecule has 0 aliphatic rings. The molecule has 0 unspecified atom stereocenters. The lowest BCUT2D eigenvalue weighted by Crippen LogP contribution is -2.42. The van der Waals surface area contributed by atoms with Crippen LogP contribution in [0, 0.1) is 5.82 Å². The molecule has 0 saturated carbocycles. The van der Waals surface area contributed by atoms with E-state index in [-0.39, 0.29) is 30.5 Å². The highest BCUT2D eigenvalue weighted by Gasteiger charge is 2.18. The molecular formula is C18H22FN3O2. The largest absolute Gasteiger partial charge is 0.486 e. The normalized spacial score (nSPS) is 13.0. The number of para-hydroxylation sites is 1. The minimum Gasteiger partial charge on any atom is -0.486 e. The van der Waals surface area contributed by atoms with Crippen LogP contribution < -0.4 is 10.1 Å². The van der Waals surface area contributed by atoms with Crippen LogP contribution in [0.25, 0.3) is 0 Å². The summed E-state index contributed by atoms with van der Waals surface area (Å²) in [6, 6.07) is 9.64. The Morgan fingerprint density at radius 3 is 2.58 bits per heavy atom. The van der Waals surface area contributed by atoms with Gasteiger partial charge in [-0.05, 0) is 43.7 Å². The molecule has 5 nitrogen and oxygen atoms in total. The van der Waals surface area contributed by atoms with E-state index < -0.39 is 5.82 Å². The Bertz CT molecular complexity index is 666. The minimum atomic E-state index is -0.417. The van der Waals surface area contributed by atoms with Gasteiger partial charge in [0.2, 0.25) is 0 Å². The van der Waals surface area contributed by atoms with Crippen molar-refractivity contribution in [3.8, 4) is 5.75 Å². The number of rotatable bonds is 6. The number of carbonyl (C=O) groups excluding carboxylic acids is 1. The number of nitrogens with zero attached hydrogens (tertiary/aromatic N) is 2. The third-order valence-corrected chi connectivity index (χ3v) is 3.80. The Hall–Kier alpha value is -2.63. The van der Waals surface area contributed by atoms with Crippen molar-refractivity contribution in [3.05, 3.63) is 60.2 Å². The van der Waals surface area contributed by atoms with Gasteiger partial charge in [-0.1, -0.05) is 12.1 Å². The summed E-state index contributed by atoms with van der Waals surface area (Å²) in [4.78, 5) is 17.8. The van der Waals surface area contributed by atoms with E-state index in [1.165, 1.54) is 6.07 Å². The monoisotopic (exact) mass is 331 g/mol. The maximum absolute atomic E-state index is 13.5. The Morgan fingerprint density at radius 2 is 1.92 bits per heavy atom. The summed E-state index contributed by atoms with van der Waals surface area (Å²) >= 11 is 0. The maximum Gasteiger partial charge on any atom is 0.317 e. The summed E-state index contributed by atoms with van der Waals surface area (Å²) in [6.45, 7) is 3.99. The van der Waals surface area contributed by atoms with Crippen molar-refractivity contribution < 1.29 is 13.9 Å². The lowest BCUT2D eigenvalue weighted by molar-refractivity contribution is 0.177. The highest BCUT2D eigenvalue weighted by atomic mass is 19.1. The first-order chi connectivity index (χ1) is 11.5. The molecule has 2 aromatic rings. The zero-order chi connectivity index (χ0) is 17.5. The first kappa shape index (κ1) is 17.7. The third kappa shape index (κ3) is 4.68. The van der Waals surface area contributed by atoms with Gasteiger partial charge in [0.25, 0.3) is 0 Å². The average Bonchev–Trinajstić information content (AvgIpc) is 2.61. The van der Waals surface area contributed by atoms with Gasteiger partial charge in [0, 0.05) is 19.4 Å². The van der Waals surface area contributed by atoms with Crippen LogP contribution in [0.3, 0.4) is 0 Å². The van der Waals surface area contributed by atoms with Crippen molar-refractivity contribution in [2.24, 2.45) is 0 Å². The highest BCUT2D eigenvalue weighted by Crippen LogP contribution is 2.18. The first-order valence-electron chi connectivity index (χ1n) is 7.80. The van der Waals surface area contributed by atoms with Crippen molar-refractivity contribution >= 4 is 6.03 Å². The van der Waals surface area contributed by atoms with E-state index >= 15 is 0 Å². The van der Waals surface area contributed by atoms with Crippen LogP contribution in [0.5, 0.6) is 5.75 Å². The lowest BCUT2D eigenvalue weighted by atomic mass is 10.1. The second-order valence-electron chi connectivity index (χ2n) is 5.61. The van der Waals surface area contributed by atoms with Gasteiger partial charge >= 0.3 is 6.03 Å². The number of urea groups is 1. The fourth-order valence-corrected chi connectivity index (χ4v) is 2.20. The maximum atomic E-state index is 13.5. The molecule has 2 rings (SSSR count). The quantitative estimate of drug-likeness (QED) is 0.883. The second kappa shape index (κ2) is 8.29. The molecule has 1 aromatic heterocycles. The Kier molecular flexibility index (Phi) is 6.12. The molecule has 24 heavy (non-hydrogen) atoms. The third-order valence-electron chi connectivity index (χ3n) is 3.80. The molecule has 6 heteroatoms. The predicted molar refractivity (Wildman–Crippen MR) is 90.3 cm³/mol. The zero-order valence-electron chi connectivity index (χ0n) is 14.1. The molecule has 0 aliphatic heterocycles. The summed E-state index contributed by atoms with van der Waals surface area (Å²) < 4.78 is 19.0. The summed E-state index contributed by atoms with van der Waals surface area (Å²) in [7, 11) is 1.73. The van der Waals surface area contributed by atoms with Crippen molar-refractivity contribution in [2.75, 3.05) is 13.6 Å². The van der Waals surface area contributed by atoms with Crippen LogP contribution in [0.4, 0.5) is 9.18 Å². The van der Waals surface area contributed by atoms with Gasteiger partial charge in [0.15, 0.2) is 11.6 Å². The standard InChI is InChI=1S/C18H22FN3O2/c1-13(24-17-7-5-4-6-16(17)19)12-21-18(23)22(3)14(2)15-8-10-20-11-9-15/h4-11,13-14H,12H2,1-3H3,(H,21,23)/t13-,14+/m1/s1. The van der Waals surface area contributed by atoms with Gasteiger partial charge in [-0.25, -0.2) is 9.18 Å². The van der Waals surface area contributed by atoms with Crippen molar-refractivity contribution in [1.29, 1.82) is 0 Å². The van der Waals surface area contributed by atoms with E-state index in [1.807, 2.05) is 19.1 Å². The summed E-state index contributed by atoms with van der Waals surface area (Å²) in [6.07, 6.45) is 3.04. The summed E-state index contributed by atoms with van der Waals surface area (Å²) in [5.41, 5.74) is 0.998. The van der Waals surface area contributed by atoms with Crippen LogP contribution in [0.2, 0.25) is 0 Å². The molecule has 0 radical (unpaired) electrons. The summed E-state index contributed by atoms with van der Waals surface area (Å²) in [5.74, 6) is -0.239. The van der Waals surface area contributed by atoms with Crippen LogP contribution in [0.15, 0.2) is 48.8 Å². The van der Waals surface area contributed by atoms with Crippen LogP contribution in [0.1, 0.15) is 25.5 Å². The van der Waals surface area contributed by atoms with E-state index in [2.05, 4.69) is 10.3 Å². The summed E-state index contributed by atoms with van der Waals surface area (Å²) in [5, 5.41) is 2.80. The van der Waals surface area contributed by atoms with Crippen LogP contribution in [-0.2, 0) is 0 Å². The first-order valence-corrected chi connectivity index (χ1v) is 7.80. The molecule has 1 heterocycles. The van der Waals surface area contributed by atoms with Crippen LogP contribution >= 0.6 is 0 Å². The predicted octanol–water partition coefficient (Wildman–Crippen LogP) is 3.39. The van der Waals surface area contributed by atoms with E-state index in [9.17, 15) is 9.18 Å². The van der Waals surface area contributed by atoms with E-state index in [4.69, 9.17) is 4.74 Å². The Labute approximate surface area is 141 Å². The van der Waals surface area contributed by atoms with Crippen molar-refractivity contribution in [3.63, 3.8) is 0 Å². The molecule has 0 spiro atoms. The molecule has 2 amide bonds. The second-order valence-corrected chi connectivity index (χ2v) is 5.61. The van der Waals surface area contributed by atoms with Gasteiger partial charge in [-0.15, -0.1) is 0 Å². The molecule has 1 N–H and O–H groups in total. The van der Waals surface area contributed by atoms with Gasteiger partial charge < -0.3 is 15.0 Å². The smallest absolute Gasteiger partial charge is 0.317 e. The van der Waals surface area contributed by atoms with Crippen molar-refractivity contribution in [2.45, 2.75) is 26.0 Å². The number of pyridine rings is 1. The fraction of sp³-hybridized carbons (Fsp3) is 0.333. The topological polar surface area (TPSA) is 54.5 Å². The number of amides is 2. The van der Waals surface area contributed by atoms with Gasteiger partial charge in [-0.2, -0.15) is 0 Å². The molecule has 2 atom stereocenters. The Morgan fingerprint density at radius 1 is 1.25 bits per heavy atom. The SMILES string of the molecule is C[C@H](CNC(=O)N(C)[C@@H](C)c1ccncc1)Oc1ccccc1F. The molecule has 0 fully saturated rings. The average molecular weight is 331 g/mol. The number of ether oxygens (including phenoxy) is 1. The molecule has 0 bridgehead atoms. The number of hydrogen-bond donors (Lipinski definition) is 1. The molecular weight excluding hydrogens is 309 g/mol. The molecule has 0 aliphatic carbocycles. The van der Waals surface area contributed by atoms with E-state index in [1.54, 1.807) is 49.5 Å². The number of benzene rings is 1. The van der Waals surface area contributed by atoms with Crippen molar-refractivity contribution in [1.82, 2.24) is 15.2 Å². The Balaban J connectivity index is 1.85. The lowest BCUT2D eigenvalue weighted by Gasteiger charge is -2.26. The fourth-order valence-electron chi connectivity index (χ4n) is 2.20. The van der Waals surface area contributed by atoms with E-state index in [0.29, 0.717) is 0 Å². The molecule has 128 valence electrons. The highest BCUT2D eigenvalue weighted by molar-refractivity contribution is 5.74.